The average Bonchev–Trinajstić information content (AvgIpc) is 3.38. The molecule has 158 valence electrons. The minimum absolute atomic E-state index is 0.0330. The molecule has 0 bridgehead atoms. The summed E-state index contributed by atoms with van der Waals surface area (Å²) in [5.41, 5.74) is 1.91. The van der Waals surface area contributed by atoms with Gasteiger partial charge in [-0.15, -0.1) is 0 Å². The van der Waals surface area contributed by atoms with Crippen LogP contribution in [0.3, 0.4) is 0 Å². The molecule has 1 aliphatic heterocycles. The van der Waals surface area contributed by atoms with E-state index >= 15 is 0 Å². The molecule has 1 saturated heterocycles. The van der Waals surface area contributed by atoms with Crippen LogP contribution >= 0.6 is 11.3 Å². The van der Waals surface area contributed by atoms with Crippen molar-refractivity contribution in [3.8, 4) is 5.75 Å². The minimum atomic E-state index is -0.818. The highest BCUT2D eigenvalue weighted by Gasteiger charge is 2.48. The van der Waals surface area contributed by atoms with Crippen LogP contribution in [-0.4, -0.2) is 28.9 Å². The number of para-hydroxylation sites is 1. The zero-order valence-corrected chi connectivity index (χ0v) is 17.9. The number of aliphatic hydroxyl groups is 1. The van der Waals surface area contributed by atoms with Crippen LogP contribution in [0.5, 0.6) is 5.75 Å². The number of fused-ring (bicyclic) bond motifs is 1. The molecule has 1 aromatic heterocycles. The molecule has 2 heterocycles. The second kappa shape index (κ2) is 7.94. The molecule has 1 fully saturated rings. The van der Waals surface area contributed by atoms with E-state index in [-0.39, 0.29) is 11.3 Å². The molecular weight excluding hydrogens is 424 g/mol. The predicted molar refractivity (Wildman–Crippen MR) is 124 cm³/mol. The lowest BCUT2D eigenvalue weighted by atomic mass is 9.95. The molecule has 4 aromatic rings. The quantitative estimate of drug-likeness (QED) is 0.275. The second-order valence-corrected chi connectivity index (χ2v) is 8.28. The van der Waals surface area contributed by atoms with Crippen molar-refractivity contribution < 1.29 is 19.4 Å². The molecular formula is C25H18N2O4S. The van der Waals surface area contributed by atoms with Gasteiger partial charge in [0.25, 0.3) is 5.78 Å². The highest BCUT2D eigenvalue weighted by atomic mass is 32.1. The lowest BCUT2D eigenvalue weighted by Gasteiger charge is -2.23. The van der Waals surface area contributed by atoms with Gasteiger partial charge in [-0.25, -0.2) is 4.98 Å². The summed E-state index contributed by atoms with van der Waals surface area (Å²) in [6, 6.07) is 22.6. The number of methoxy groups -OCH3 is 1. The number of hydrogen-bond donors (Lipinski definition) is 1. The van der Waals surface area contributed by atoms with E-state index in [0.717, 1.165) is 10.2 Å². The Morgan fingerprint density at radius 2 is 1.66 bits per heavy atom. The number of rotatable bonds is 4. The molecule has 0 spiro atoms. The normalized spacial score (nSPS) is 17.8. The Labute approximate surface area is 188 Å². The SMILES string of the molecule is COc1ccc([C@@H]2C(=C(O)c3ccccc3)C(=O)C(=O)N2c2nc3ccccc3s2)cc1. The Morgan fingerprint density at radius 3 is 2.34 bits per heavy atom. The van der Waals surface area contributed by atoms with Gasteiger partial charge in [0.15, 0.2) is 5.13 Å². The molecule has 0 saturated carbocycles. The van der Waals surface area contributed by atoms with Crippen molar-refractivity contribution in [2.24, 2.45) is 0 Å². The molecule has 3 aromatic carbocycles. The molecule has 0 radical (unpaired) electrons. The number of carbonyl (C=O) groups excluding carboxylic acids is 2. The number of amides is 1. The maximum absolute atomic E-state index is 13.2. The summed E-state index contributed by atoms with van der Waals surface area (Å²) in [6.07, 6.45) is 0. The van der Waals surface area contributed by atoms with Crippen LogP contribution in [0, 0.1) is 0 Å². The van der Waals surface area contributed by atoms with Gasteiger partial charge in [-0.3, -0.25) is 14.5 Å². The number of carbonyl (C=O) groups is 2. The van der Waals surface area contributed by atoms with Crippen LogP contribution < -0.4 is 9.64 Å². The molecule has 1 amide bonds. The summed E-state index contributed by atoms with van der Waals surface area (Å²) < 4.78 is 6.15. The van der Waals surface area contributed by atoms with Crippen LogP contribution in [0.4, 0.5) is 5.13 Å². The molecule has 1 N–H and O–H groups in total. The Kier molecular flexibility index (Phi) is 4.95. The summed E-state index contributed by atoms with van der Waals surface area (Å²) in [7, 11) is 1.57. The third-order valence-corrected chi connectivity index (χ3v) is 6.45. The van der Waals surface area contributed by atoms with Crippen molar-refractivity contribution >= 4 is 44.1 Å². The van der Waals surface area contributed by atoms with E-state index in [2.05, 4.69) is 4.98 Å². The minimum Gasteiger partial charge on any atom is -0.507 e. The summed E-state index contributed by atoms with van der Waals surface area (Å²) in [4.78, 5) is 32.4. The van der Waals surface area contributed by atoms with Gasteiger partial charge in [-0.1, -0.05) is 65.9 Å². The number of ketones is 1. The third kappa shape index (κ3) is 3.23. The smallest absolute Gasteiger partial charge is 0.301 e. The first-order chi connectivity index (χ1) is 15.6. The lowest BCUT2D eigenvalue weighted by molar-refractivity contribution is -0.132. The number of Topliss-reactive ketones (excluding diaryl/α,β-unsaturated/α-hetero) is 1. The summed E-state index contributed by atoms with van der Waals surface area (Å²) in [5, 5.41) is 11.5. The fraction of sp³-hybridized carbons (Fsp3) is 0.0800. The monoisotopic (exact) mass is 442 g/mol. The number of hydrogen-bond acceptors (Lipinski definition) is 6. The van der Waals surface area contributed by atoms with Crippen molar-refractivity contribution in [3.05, 3.63) is 95.6 Å². The van der Waals surface area contributed by atoms with Crippen LogP contribution in [0.2, 0.25) is 0 Å². The van der Waals surface area contributed by atoms with Gasteiger partial charge in [-0.05, 0) is 29.8 Å². The number of benzene rings is 3. The summed E-state index contributed by atoms with van der Waals surface area (Å²) in [6.45, 7) is 0. The third-order valence-electron chi connectivity index (χ3n) is 5.41. The Balaban J connectivity index is 1.72. The van der Waals surface area contributed by atoms with Crippen LogP contribution in [0.25, 0.3) is 16.0 Å². The van der Waals surface area contributed by atoms with Gasteiger partial charge in [0.2, 0.25) is 0 Å². The van der Waals surface area contributed by atoms with E-state index < -0.39 is 17.7 Å². The van der Waals surface area contributed by atoms with Crippen LogP contribution in [-0.2, 0) is 9.59 Å². The van der Waals surface area contributed by atoms with Gasteiger partial charge in [0, 0.05) is 5.56 Å². The first kappa shape index (κ1) is 20.0. The Hall–Kier alpha value is -3.97. The molecule has 6 nitrogen and oxygen atoms in total. The van der Waals surface area contributed by atoms with Gasteiger partial charge in [0.05, 0.1) is 28.9 Å². The van der Waals surface area contributed by atoms with Crippen LogP contribution in [0.1, 0.15) is 17.2 Å². The van der Waals surface area contributed by atoms with E-state index in [0.29, 0.717) is 22.0 Å². The van der Waals surface area contributed by atoms with Crippen molar-refractivity contribution in [2.45, 2.75) is 6.04 Å². The number of anilines is 1. The summed E-state index contributed by atoms with van der Waals surface area (Å²) >= 11 is 1.33. The fourth-order valence-corrected chi connectivity index (χ4v) is 4.84. The second-order valence-electron chi connectivity index (χ2n) is 7.27. The number of ether oxygens (including phenoxy) is 1. The van der Waals surface area contributed by atoms with Crippen LogP contribution in [0.15, 0.2) is 84.4 Å². The van der Waals surface area contributed by atoms with Gasteiger partial charge < -0.3 is 9.84 Å². The maximum Gasteiger partial charge on any atom is 0.301 e. The molecule has 7 heteroatoms. The predicted octanol–water partition coefficient (Wildman–Crippen LogP) is 4.93. The lowest BCUT2D eigenvalue weighted by Crippen LogP contribution is -2.29. The van der Waals surface area contributed by atoms with Crippen molar-refractivity contribution in [2.75, 3.05) is 12.0 Å². The molecule has 1 atom stereocenters. The highest BCUT2D eigenvalue weighted by molar-refractivity contribution is 7.22. The van der Waals surface area contributed by atoms with E-state index in [1.54, 1.807) is 55.6 Å². The number of aromatic nitrogens is 1. The summed E-state index contributed by atoms with van der Waals surface area (Å²) in [5.74, 6) is -1.03. The van der Waals surface area contributed by atoms with Crippen molar-refractivity contribution in [1.29, 1.82) is 0 Å². The van der Waals surface area contributed by atoms with Gasteiger partial charge in [0.1, 0.15) is 11.5 Å². The average molecular weight is 442 g/mol. The van der Waals surface area contributed by atoms with E-state index in [9.17, 15) is 14.7 Å². The molecule has 1 aliphatic rings. The van der Waals surface area contributed by atoms with Crippen molar-refractivity contribution in [1.82, 2.24) is 4.98 Å². The Bertz CT molecular complexity index is 1330. The van der Waals surface area contributed by atoms with E-state index in [1.165, 1.54) is 16.2 Å². The number of thiazole rings is 1. The molecule has 0 unspecified atom stereocenters. The molecule has 0 aliphatic carbocycles. The molecule has 5 rings (SSSR count). The standard InChI is InChI=1S/C25H18N2O4S/c1-31-17-13-11-15(12-14-17)21-20(22(28)16-7-3-2-4-8-16)23(29)24(30)27(21)25-26-18-9-5-6-10-19(18)32-25/h2-14,21,28H,1H3/t21-/m1/s1. The number of nitrogens with zero attached hydrogens (tertiary/aromatic N) is 2. The largest absolute Gasteiger partial charge is 0.507 e. The van der Waals surface area contributed by atoms with E-state index in [4.69, 9.17) is 4.74 Å². The fourth-order valence-electron chi connectivity index (χ4n) is 3.85. The zero-order chi connectivity index (χ0) is 22.2. The van der Waals surface area contributed by atoms with E-state index in [1.807, 2.05) is 30.3 Å². The first-order valence-corrected chi connectivity index (χ1v) is 10.8. The zero-order valence-electron chi connectivity index (χ0n) is 17.1. The van der Waals surface area contributed by atoms with Crippen molar-refractivity contribution in [3.63, 3.8) is 0 Å². The topological polar surface area (TPSA) is 79.7 Å². The number of aliphatic hydroxyl groups excluding tert-OH is 1. The van der Waals surface area contributed by atoms with Gasteiger partial charge >= 0.3 is 5.91 Å². The first-order valence-electron chi connectivity index (χ1n) is 9.94. The highest BCUT2D eigenvalue weighted by Crippen LogP contribution is 2.44. The Morgan fingerprint density at radius 1 is 0.969 bits per heavy atom. The maximum atomic E-state index is 13.2. The van der Waals surface area contributed by atoms with Gasteiger partial charge in [-0.2, -0.15) is 0 Å². The molecule has 32 heavy (non-hydrogen) atoms.